The van der Waals surface area contributed by atoms with Gasteiger partial charge in [0.05, 0.1) is 24.7 Å². The van der Waals surface area contributed by atoms with Gasteiger partial charge in [0.15, 0.2) is 0 Å². The zero-order valence-corrected chi connectivity index (χ0v) is 12.5. The maximum absolute atomic E-state index is 14.1. The molecule has 2 aliphatic rings. The fourth-order valence-electron chi connectivity index (χ4n) is 3.34. The van der Waals surface area contributed by atoms with Gasteiger partial charge in [-0.1, -0.05) is 31.5 Å². The summed E-state index contributed by atoms with van der Waals surface area (Å²) in [6, 6.07) is 6.84. The average Bonchev–Trinajstić information content (AvgIpc) is 3.29. The molecule has 1 atom stereocenters. The molecule has 1 unspecified atom stereocenters. The zero-order valence-electron chi connectivity index (χ0n) is 12.5. The molecule has 2 fully saturated rings. The Balaban J connectivity index is 1.85. The molecule has 0 aromatic heterocycles. The van der Waals surface area contributed by atoms with Crippen LogP contribution in [0.5, 0.6) is 0 Å². The van der Waals surface area contributed by atoms with Crippen molar-refractivity contribution in [2.24, 2.45) is 0 Å². The van der Waals surface area contributed by atoms with E-state index in [2.05, 4.69) is 6.92 Å². The molecule has 0 spiro atoms. The Bertz CT molecular complexity index is 525. The molecule has 1 aliphatic heterocycles. The summed E-state index contributed by atoms with van der Waals surface area (Å²) in [5.74, 6) is -0.169. The maximum atomic E-state index is 14.1. The van der Waals surface area contributed by atoms with Gasteiger partial charge in [0.25, 0.3) is 0 Å². The van der Waals surface area contributed by atoms with Gasteiger partial charge >= 0.3 is 0 Å². The van der Waals surface area contributed by atoms with Crippen LogP contribution in [0.25, 0.3) is 0 Å². The van der Waals surface area contributed by atoms with Crippen molar-refractivity contribution in [1.82, 2.24) is 4.90 Å². The van der Waals surface area contributed by atoms with E-state index >= 15 is 0 Å². The van der Waals surface area contributed by atoms with Crippen molar-refractivity contribution in [2.75, 3.05) is 19.8 Å². The van der Waals surface area contributed by atoms with Gasteiger partial charge in [0.2, 0.25) is 5.91 Å². The molecule has 3 rings (SSSR count). The lowest BCUT2D eigenvalue weighted by Gasteiger charge is -2.38. The molecule has 1 aliphatic carbocycles. The van der Waals surface area contributed by atoms with Crippen LogP contribution >= 0.6 is 0 Å². The van der Waals surface area contributed by atoms with E-state index in [1.807, 2.05) is 11.0 Å². The van der Waals surface area contributed by atoms with Crippen molar-refractivity contribution < 1.29 is 13.9 Å². The molecule has 4 heteroatoms. The third kappa shape index (κ3) is 2.57. The van der Waals surface area contributed by atoms with Gasteiger partial charge in [-0.25, -0.2) is 4.39 Å². The number of ether oxygens (including phenoxy) is 1. The van der Waals surface area contributed by atoms with E-state index < -0.39 is 5.41 Å². The molecule has 3 nitrogen and oxygen atoms in total. The van der Waals surface area contributed by atoms with E-state index in [0.717, 1.165) is 25.7 Å². The highest BCUT2D eigenvalue weighted by Gasteiger charge is 2.55. The number of halogens is 1. The van der Waals surface area contributed by atoms with E-state index in [0.29, 0.717) is 25.3 Å². The quantitative estimate of drug-likeness (QED) is 0.853. The van der Waals surface area contributed by atoms with Crippen molar-refractivity contribution in [3.05, 3.63) is 35.6 Å². The number of nitrogens with zero attached hydrogens (tertiary/aromatic N) is 1. The van der Waals surface area contributed by atoms with Crippen molar-refractivity contribution in [2.45, 2.75) is 44.1 Å². The smallest absolute Gasteiger partial charge is 0.233 e. The number of amides is 1. The summed E-state index contributed by atoms with van der Waals surface area (Å²) >= 11 is 0. The highest BCUT2D eigenvalue weighted by atomic mass is 19.1. The Kier molecular flexibility index (Phi) is 3.98. The number of hydrogen-bond acceptors (Lipinski definition) is 2. The number of benzene rings is 1. The minimum atomic E-state index is -0.616. The Hall–Kier alpha value is -1.42. The van der Waals surface area contributed by atoms with Crippen LogP contribution in [-0.4, -0.2) is 36.6 Å². The van der Waals surface area contributed by atoms with E-state index in [1.165, 1.54) is 6.07 Å². The number of carbonyl (C=O) groups excluding carboxylic acids is 1. The van der Waals surface area contributed by atoms with Crippen LogP contribution in [-0.2, 0) is 14.9 Å². The van der Waals surface area contributed by atoms with Crippen molar-refractivity contribution in [3.63, 3.8) is 0 Å². The molecule has 1 saturated heterocycles. The second kappa shape index (κ2) is 5.76. The number of morpholine rings is 1. The Morgan fingerprint density at radius 2 is 2.19 bits per heavy atom. The van der Waals surface area contributed by atoms with Gasteiger partial charge in [0.1, 0.15) is 5.82 Å². The predicted molar refractivity (Wildman–Crippen MR) is 78.5 cm³/mol. The fraction of sp³-hybridized carbons (Fsp3) is 0.588. The average molecular weight is 291 g/mol. The van der Waals surface area contributed by atoms with Crippen LogP contribution in [0.3, 0.4) is 0 Å². The van der Waals surface area contributed by atoms with Gasteiger partial charge in [-0.05, 0) is 25.3 Å². The lowest BCUT2D eigenvalue weighted by molar-refractivity contribution is -0.143. The summed E-state index contributed by atoms with van der Waals surface area (Å²) < 4.78 is 19.6. The molecular weight excluding hydrogens is 269 g/mol. The van der Waals surface area contributed by atoms with Crippen LogP contribution in [0.15, 0.2) is 24.3 Å². The van der Waals surface area contributed by atoms with Crippen molar-refractivity contribution in [3.8, 4) is 0 Å². The highest BCUT2D eigenvalue weighted by Crippen LogP contribution is 2.50. The van der Waals surface area contributed by atoms with Crippen LogP contribution in [0.1, 0.15) is 38.2 Å². The Labute approximate surface area is 125 Å². The molecular formula is C17H22FNO2. The standard InChI is InChI=1S/C17H22FNO2/c1-2-5-13-12-21-11-10-19(13)16(20)17(8-9-17)14-6-3-4-7-15(14)18/h3-4,6-7,13H,2,5,8-12H2,1H3. The first-order chi connectivity index (χ1) is 10.2. The molecule has 1 aromatic carbocycles. The van der Waals surface area contributed by atoms with E-state index in [1.54, 1.807) is 12.1 Å². The van der Waals surface area contributed by atoms with Gasteiger partial charge < -0.3 is 9.64 Å². The second-order valence-corrected chi connectivity index (χ2v) is 6.08. The van der Waals surface area contributed by atoms with Crippen molar-refractivity contribution in [1.29, 1.82) is 0 Å². The maximum Gasteiger partial charge on any atom is 0.233 e. The Morgan fingerprint density at radius 3 is 2.86 bits per heavy atom. The molecule has 1 saturated carbocycles. The van der Waals surface area contributed by atoms with Gasteiger partial charge in [-0.3, -0.25) is 4.79 Å². The van der Waals surface area contributed by atoms with E-state index in [4.69, 9.17) is 4.74 Å². The predicted octanol–water partition coefficient (Wildman–Crippen LogP) is 2.88. The minimum Gasteiger partial charge on any atom is -0.377 e. The molecule has 0 bridgehead atoms. The normalized spacial score (nSPS) is 23.9. The first-order valence-corrected chi connectivity index (χ1v) is 7.83. The molecule has 114 valence electrons. The summed E-state index contributed by atoms with van der Waals surface area (Å²) in [7, 11) is 0. The largest absolute Gasteiger partial charge is 0.377 e. The number of rotatable bonds is 4. The summed E-state index contributed by atoms with van der Waals surface area (Å²) in [4.78, 5) is 15.0. The Morgan fingerprint density at radius 1 is 1.43 bits per heavy atom. The number of hydrogen-bond donors (Lipinski definition) is 0. The van der Waals surface area contributed by atoms with Gasteiger partial charge in [0, 0.05) is 12.1 Å². The summed E-state index contributed by atoms with van der Waals surface area (Å²) in [5.41, 5.74) is -0.0500. The SMILES string of the molecule is CCCC1COCCN1C(=O)C1(c2ccccc2F)CC1. The lowest BCUT2D eigenvalue weighted by Crippen LogP contribution is -2.52. The lowest BCUT2D eigenvalue weighted by atomic mass is 9.92. The first kappa shape index (κ1) is 14.5. The van der Waals surface area contributed by atoms with Gasteiger partial charge in [-0.2, -0.15) is 0 Å². The van der Waals surface area contributed by atoms with Gasteiger partial charge in [-0.15, -0.1) is 0 Å². The molecule has 0 radical (unpaired) electrons. The summed E-state index contributed by atoms with van der Waals surface area (Å²) in [5, 5.41) is 0. The summed E-state index contributed by atoms with van der Waals surface area (Å²) in [6.07, 6.45) is 3.47. The molecule has 0 N–H and O–H groups in total. The fourth-order valence-corrected chi connectivity index (χ4v) is 3.34. The molecule has 21 heavy (non-hydrogen) atoms. The van der Waals surface area contributed by atoms with E-state index in [-0.39, 0.29) is 17.8 Å². The van der Waals surface area contributed by atoms with Crippen LogP contribution in [0.4, 0.5) is 4.39 Å². The van der Waals surface area contributed by atoms with Crippen LogP contribution in [0, 0.1) is 5.82 Å². The monoisotopic (exact) mass is 291 g/mol. The number of carbonyl (C=O) groups is 1. The van der Waals surface area contributed by atoms with Crippen molar-refractivity contribution >= 4 is 5.91 Å². The summed E-state index contributed by atoms with van der Waals surface area (Å²) in [6.45, 7) is 3.92. The van der Waals surface area contributed by atoms with Crippen LogP contribution in [0.2, 0.25) is 0 Å². The second-order valence-electron chi connectivity index (χ2n) is 6.08. The zero-order chi connectivity index (χ0) is 14.9. The highest BCUT2D eigenvalue weighted by molar-refractivity contribution is 5.91. The third-order valence-electron chi connectivity index (χ3n) is 4.66. The van der Waals surface area contributed by atoms with Crippen LogP contribution < -0.4 is 0 Å². The van der Waals surface area contributed by atoms with E-state index in [9.17, 15) is 9.18 Å². The molecule has 1 heterocycles. The topological polar surface area (TPSA) is 29.5 Å². The third-order valence-corrected chi connectivity index (χ3v) is 4.66. The molecule has 1 amide bonds. The first-order valence-electron chi connectivity index (χ1n) is 7.83. The molecule has 1 aromatic rings. The minimum absolute atomic E-state index is 0.0920.